The molecule has 0 aromatic heterocycles. The Morgan fingerprint density at radius 1 is 0.680 bits per heavy atom. The SMILES string of the molecule is O=S(=O)(O)CCCCCCCCCCCCCCOc1ccccc1. The van der Waals surface area contributed by atoms with Gasteiger partial charge in [0.1, 0.15) is 5.75 Å². The normalized spacial score (nSPS) is 11.6. The van der Waals surface area contributed by atoms with Crippen LogP contribution in [0.2, 0.25) is 0 Å². The second-order valence-corrected chi connectivity index (χ2v) is 8.26. The molecular formula is C20H34O4S. The molecular weight excluding hydrogens is 336 g/mol. The van der Waals surface area contributed by atoms with E-state index in [0.29, 0.717) is 6.42 Å². The molecule has 0 radical (unpaired) electrons. The van der Waals surface area contributed by atoms with Crippen molar-refractivity contribution in [2.45, 2.75) is 77.0 Å². The number of para-hydroxylation sites is 1. The van der Waals surface area contributed by atoms with Gasteiger partial charge in [0, 0.05) is 0 Å². The van der Waals surface area contributed by atoms with Gasteiger partial charge in [0.2, 0.25) is 0 Å². The summed E-state index contributed by atoms with van der Waals surface area (Å²) in [5.74, 6) is 0.865. The summed E-state index contributed by atoms with van der Waals surface area (Å²) in [7, 11) is -3.76. The Morgan fingerprint density at radius 2 is 1.12 bits per heavy atom. The van der Waals surface area contributed by atoms with E-state index in [1.807, 2.05) is 30.3 Å². The Kier molecular flexibility index (Phi) is 12.4. The van der Waals surface area contributed by atoms with Gasteiger partial charge in [-0.2, -0.15) is 8.42 Å². The molecule has 1 rings (SSSR count). The smallest absolute Gasteiger partial charge is 0.264 e. The summed E-state index contributed by atoms with van der Waals surface area (Å²) in [6.07, 6.45) is 13.8. The number of hydrogen-bond acceptors (Lipinski definition) is 3. The molecule has 144 valence electrons. The van der Waals surface area contributed by atoms with Gasteiger partial charge < -0.3 is 4.74 Å². The second-order valence-electron chi connectivity index (χ2n) is 6.69. The van der Waals surface area contributed by atoms with E-state index in [4.69, 9.17) is 9.29 Å². The van der Waals surface area contributed by atoms with Crippen LogP contribution in [0.5, 0.6) is 5.75 Å². The fourth-order valence-electron chi connectivity index (χ4n) is 2.86. The van der Waals surface area contributed by atoms with Gasteiger partial charge in [-0.25, -0.2) is 0 Å². The van der Waals surface area contributed by atoms with Gasteiger partial charge in [0.15, 0.2) is 0 Å². The lowest BCUT2D eigenvalue weighted by Gasteiger charge is -2.06. The maximum atomic E-state index is 10.6. The van der Waals surface area contributed by atoms with Crippen LogP contribution in [0.4, 0.5) is 0 Å². The fourth-order valence-corrected chi connectivity index (χ4v) is 3.43. The van der Waals surface area contributed by atoms with Crippen molar-refractivity contribution in [2.75, 3.05) is 12.4 Å². The minimum atomic E-state index is -3.76. The molecule has 25 heavy (non-hydrogen) atoms. The van der Waals surface area contributed by atoms with Crippen LogP contribution in [0, 0.1) is 0 Å². The lowest BCUT2D eigenvalue weighted by atomic mass is 10.1. The summed E-state index contributed by atoms with van der Waals surface area (Å²) in [6.45, 7) is 0.807. The summed E-state index contributed by atoms with van der Waals surface area (Å²) in [4.78, 5) is 0. The zero-order chi connectivity index (χ0) is 18.2. The zero-order valence-electron chi connectivity index (χ0n) is 15.4. The number of unbranched alkanes of at least 4 members (excludes halogenated alkanes) is 11. The molecule has 0 aliphatic carbocycles. The van der Waals surface area contributed by atoms with E-state index in [9.17, 15) is 8.42 Å². The van der Waals surface area contributed by atoms with Gasteiger partial charge >= 0.3 is 0 Å². The molecule has 0 amide bonds. The van der Waals surface area contributed by atoms with Gasteiger partial charge in [0.25, 0.3) is 10.1 Å². The second kappa shape index (κ2) is 14.1. The van der Waals surface area contributed by atoms with Crippen LogP contribution in [-0.4, -0.2) is 25.3 Å². The Labute approximate surface area is 153 Å². The van der Waals surface area contributed by atoms with Crippen molar-refractivity contribution >= 4 is 10.1 Å². The van der Waals surface area contributed by atoms with Gasteiger partial charge in [-0.15, -0.1) is 0 Å². The van der Waals surface area contributed by atoms with E-state index in [1.165, 1.54) is 51.4 Å². The molecule has 0 bridgehead atoms. The topological polar surface area (TPSA) is 63.6 Å². The average Bonchev–Trinajstić information content (AvgIpc) is 2.58. The first kappa shape index (κ1) is 22.0. The Bertz CT molecular complexity index is 514. The van der Waals surface area contributed by atoms with Gasteiger partial charge in [-0.1, -0.05) is 82.4 Å². The molecule has 0 heterocycles. The minimum Gasteiger partial charge on any atom is -0.494 e. The summed E-state index contributed by atoms with van der Waals surface area (Å²) in [5, 5.41) is 0. The van der Waals surface area contributed by atoms with Crippen LogP contribution >= 0.6 is 0 Å². The third-order valence-corrected chi connectivity index (χ3v) is 5.11. The van der Waals surface area contributed by atoms with Crippen LogP contribution in [0.15, 0.2) is 30.3 Å². The first-order valence-electron chi connectivity index (χ1n) is 9.71. The molecule has 0 aliphatic rings. The van der Waals surface area contributed by atoms with Crippen LogP contribution in [-0.2, 0) is 10.1 Å². The third kappa shape index (κ3) is 14.9. The number of rotatable bonds is 16. The highest BCUT2D eigenvalue weighted by molar-refractivity contribution is 7.85. The Hall–Kier alpha value is -1.07. The molecule has 5 heteroatoms. The van der Waals surface area contributed by atoms with Crippen molar-refractivity contribution in [1.82, 2.24) is 0 Å². The molecule has 0 saturated heterocycles. The molecule has 0 atom stereocenters. The van der Waals surface area contributed by atoms with E-state index in [0.717, 1.165) is 31.6 Å². The van der Waals surface area contributed by atoms with Gasteiger partial charge in [-0.05, 0) is 25.0 Å². The maximum absolute atomic E-state index is 10.6. The molecule has 0 spiro atoms. The number of ether oxygens (including phenoxy) is 1. The number of hydrogen-bond donors (Lipinski definition) is 1. The Balaban J connectivity index is 1.75. The molecule has 4 nitrogen and oxygen atoms in total. The van der Waals surface area contributed by atoms with Crippen LogP contribution in [0.3, 0.4) is 0 Å². The highest BCUT2D eigenvalue weighted by Gasteiger charge is 2.02. The van der Waals surface area contributed by atoms with Crippen molar-refractivity contribution < 1.29 is 17.7 Å². The van der Waals surface area contributed by atoms with E-state index in [-0.39, 0.29) is 5.75 Å². The molecule has 0 saturated carbocycles. The summed E-state index contributed by atoms with van der Waals surface area (Å²) < 4.78 is 35.4. The first-order chi connectivity index (χ1) is 12.1. The largest absolute Gasteiger partial charge is 0.494 e. The molecule has 1 N–H and O–H groups in total. The van der Waals surface area contributed by atoms with E-state index in [2.05, 4.69) is 0 Å². The van der Waals surface area contributed by atoms with Crippen LogP contribution in [0.1, 0.15) is 77.0 Å². The van der Waals surface area contributed by atoms with Crippen LogP contribution < -0.4 is 4.74 Å². The van der Waals surface area contributed by atoms with Crippen molar-refractivity contribution in [1.29, 1.82) is 0 Å². The van der Waals surface area contributed by atoms with E-state index < -0.39 is 10.1 Å². The predicted molar refractivity (Wildman–Crippen MR) is 104 cm³/mol. The monoisotopic (exact) mass is 370 g/mol. The minimum absolute atomic E-state index is 0.0939. The molecule has 1 aromatic carbocycles. The molecule has 0 fully saturated rings. The molecule has 0 unspecified atom stereocenters. The van der Waals surface area contributed by atoms with Gasteiger partial charge in [0.05, 0.1) is 12.4 Å². The van der Waals surface area contributed by atoms with Crippen molar-refractivity contribution in [2.24, 2.45) is 0 Å². The molecule has 1 aromatic rings. The highest BCUT2D eigenvalue weighted by atomic mass is 32.2. The van der Waals surface area contributed by atoms with E-state index in [1.54, 1.807) is 0 Å². The summed E-state index contributed by atoms with van der Waals surface area (Å²) >= 11 is 0. The third-order valence-electron chi connectivity index (χ3n) is 4.31. The van der Waals surface area contributed by atoms with Crippen molar-refractivity contribution in [3.05, 3.63) is 30.3 Å². The molecule has 0 aliphatic heterocycles. The Morgan fingerprint density at radius 3 is 1.60 bits per heavy atom. The highest BCUT2D eigenvalue weighted by Crippen LogP contribution is 2.13. The maximum Gasteiger partial charge on any atom is 0.264 e. The van der Waals surface area contributed by atoms with Crippen LogP contribution in [0.25, 0.3) is 0 Å². The lowest BCUT2D eigenvalue weighted by molar-refractivity contribution is 0.304. The quantitative estimate of drug-likeness (QED) is 0.302. The van der Waals surface area contributed by atoms with Crippen molar-refractivity contribution in [3.63, 3.8) is 0 Å². The van der Waals surface area contributed by atoms with Gasteiger partial charge in [-0.3, -0.25) is 4.55 Å². The first-order valence-corrected chi connectivity index (χ1v) is 11.3. The van der Waals surface area contributed by atoms with Crippen molar-refractivity contribution in [3.8, 4) is 5.75 Å². The summed E-state index contributed by atoms with van der Waals surface area (Å²) in [5.41, 5.74) is 0. The zero-order valence-corrected chi connectivity index (χ0v) is 16.2. The number of benzene rings is 1. The summed E-state index contributed by atoms with van der Waals surface area (Å²) in [6, 6.07) is 9.98. The fraction of sp³-hybridized carbons (Fsp3) is 0.700. The van der Waals surface area contributed by atoms with E-state index >= 15 is 0 Å². The average molecular weight is 371 g/mol. The lowest BCUT2D eigenvalue weighted by Crippen LogP contribution is -2.03. The standard InChI is InChI=1S/C20H34O4S/c21-25(22,23)19-15-10-8-6-4-2-1-3-5-7-9-14-18-24-20-16-12-11-13-17-20/h11-13,16-17H,1-10,14-15,18-19H2,(H,21,22,23). The predicted octanol–water partition coefficient (Wildman–Crippen LogP) is 5.63.